The van der Waals surface area contributed by atoms with Gasteiger partial charge in [-0.3, -0.25) is 19.3 Å². The number of alkyl halides is 1. The van der Waals surface area contributed by atoms with Crippen LogP contribution >= 0.6 is 22.9 Å². The topological polar surface area (TPSA) is 101 Å². The number of nitrogens with zero attached hydrogens (tertiary/aromatic N) is 3. The van der Waals surface area contributed by atoms with Gasteiger partial charge in [0.25, 0.3) is 5.91 Å². The van der Waals surface area contributed by atoms with Crippen molar-refractivity contribution in [3.63, 3.8) is 0 Å². The van der Waals surface area contributed by atoms with Crippen LogP contribution in [-0.4, -0.2) is 75.6 Å². The minimum absolute atomic E-state index is 0.00206. The molecule has 2 saturated heterocycles. The van der Waals surface area contributed by atoms with Crippen LogP contribution < -0.4 is 5.32 Å². The smallest absolute Gasteiger partial charge is 0.261 e. The number of likely N-dealkylation sites (tertiary alicyclic amines) is 1. The van der Waals surface area contributed by atoms with Crippen LogP contribution in [-0.2, 0) is 14.3 Å². The molecule has 5 rings (SSSR count). The lowest BCUT2D eigenvalue weighted by atomic mass is 9.80. The standard InChI is InChI=1S/C23H25ClN4O4S/c24-15-10-28(21-18(30)11-32-22(15)21)16-4-2-1-3-14(16)17(29)9-27-23(31)20-6-5-19(33-20)13-7-25-12-26-8-13/h5-8,12,14-16,21-22H,1-4,9-11H2,(H,27,31)/t14?,15-,16?,21+,22+/m0/s1. The lowest BCUT2D eigenvalue weighted by Crippen LogP contribution is -2.52. The van der Waals surface area contributed by atoms with Crippen molar-refractivity contribution in [1.29, 1.82) is 0 Å². The van der Waals surface area contributed by atoms with E-state index >= 15 is 0 Å². The number of hydrogen-bond acceptors (Lipinski definition) is 8. The van der Waals surface area contributed by atoms with E-state index in [-0.39, 0.29) is 60.1 Å². The van der Waals surface area contributed by atoms with Crippen molar-refractivity contribution in [2.45, 2.75) is 49.2 Å². The molecule has 0 spiro atoms. The summed E-state index contributed by atoms with van der Waals surface area (Å²) < 4.78 is 5.61. The largest absolute Gasteiger partial charge is 0.367 e. The maximum Gasteiger partial charge on any atom is 0.261 e. The van der Waals surface area contributed by atoms with Crippen molar-refractivity contribution in [1.82, 2.24) is 20.2 Å². The minimum Gasteiger partial charge on any atom is -0.367 e. The van der Waals surface area contributed by atoms with E-state index in [2.05, 4.69) is 20.2 Å². The first-order valence-electron chi connectivity index (χ1n) is 11.2. The van der Waals surface area contributed by atoms with E-state index in [9.17, 15) is 14.4 Å². The molecule has 2 aromatic heterocycles. The number of carbonyl (C=O) groups is 3. The Hall–Kier alpha value is -2.20. The van der Waals surface area contributed by atoms with Crippen molar-refractivity contribution < 1.29 is 19.1 Å². The summed E-state index contributed by atoms with van der Waals surface area (Å²) in [6, 6.07) is 3.19. The number of rotatable bonds is 6. The first-order chi connectivity index (χ1) is 16.0. The van der Waals surface area contributed by atoms with Crippen molar-refractivity contribution in [3.8, 4) is 10.4 Å². The number of carbonyl (C=O) groups excluding carboxylic acids is 3. The summed E-state index contributed by atoms with van der Waals surface area (Å²) in [6.45, 7) is 0.608. The Balaban J connectivity index is 1.23. The van der Waals surface area contributed by atoms with Crippen LogP contribution in [0.25, 0.3) is 10.4 Å². The molecule has 0 aromatic carbocycles. The molecule has 10 heteroatoms. The number of nitrogens with one attached hydrogen (secondary N) is 1. The van der Waals surface area contributed by atoms with Gasteiger partial charge in [0.1, 0.15) is 12.9 Å². The molecule has 174 valence electrons. The molecule has 0 bridgehead atoms. The highest BCUT2D eigenvalue weighted by Gasteiger charge is 2.53. The van der Waals surface area contributed by atoms with E-state index in [1.165, 1.54) is 17.7 Å². The van der Waals surface area contributed by atoms with E-state index in [1.54, 1.807) is 18.5 Å². The molecule has 5 atom stereocenters. The Morgan fingerprint density at radius 1 is 1.21 bits per heavy atom. The number of ketones is 2. The van der Waals surface area contributed by atoms with Gasteiger partial charge in [0.15, 0.2) is 11.6 Å². The highest BCUT2D eigenvalue weighted by Crippen LogP contribution is 2.38. The molecular formula is C23H25ClN4O4S. The minimum atomic E-state index is -0.355. The molecule has 3 aliphatic rings. The summed E-state index contributed by atoms with van der Waals surface area (Å²) in [5.41, 5.74) is 0.842. The third-order valence-electron chi connectivity index (χ3n) is 6.83. The predicted molar refractivity (Wildman–Crippen MR) is 123 cm³/mol. The second kappa shape index (κ2) is 9.58. The van der Waals surface area contributed by atoms with E-state index in [0.29, 0.717) is 11.4 Å². The van der Waals surface area contributed by atoms with Crippen LogP contribution in [0.1, 0.15) is 35.4 Å². The maximum absolute atomic E-state index is 13.2. The second-order valence-electron chi connectivity index (χ2n) is 8.80. The monoisotopic (exact) mass is 488 g/mol. The normalized spacial score (nSPS) is 29.7. The van der Waals surface area contributed by atoms with Gasteiger partial charge in [0.05, 0.1) is 28.9 Å². The van der Waals surface area contributed by atoms with Gasteiger partial charge in [-0.05, 0) is 25.0 Å². The van der Waals surface area contributed by atoms with Gasteiger partial charge in [0.2, 0.25) is 0 Å². The van der Waals surface area contributed by atoms with Crippen LogP contribution in [0, 0.1) is 5.92 Å². The molecule has 4 heterocycles. The van der Waals surface area contributed by atoms with E-state index in [4.69, 9.17) is 16.3 Å². The number of amides is 1. The zero-order valence-electron chi connectivity index (χ0n) is 18.0. The lowest BCUT2D eigenvalue weighted by molar-refractivity contribution is -0.128. The summed E-state index contributed by atoms with van der Waals surface area (Å²) in [5.74, 6) is -0.451. The number of hydrogen-bond donors (Lipinski definition) is 1. The first kappa shape index (κ1) is 22.6. The summed E-state index contributed by atoms with van der Waals surface area (Å²) >= 11 is 7.80. The fraction of sp³-hybridized carbons (Fsp3) is 0.522. The van der Waals surface area contributed by atoms with Gasteiger partial charge in [-0.15, -0.1) is 22.9 Å². The van der Waals surface area contributed by atoms with Gasteiger partial charge in [-0.25, -0.2) is 9.97 Å². The zero-order valence-corrected chi connectivity index (χ0v) is 19.6. The SMILES string of the molecule is O=C(NCC(=O)C1CCCCC1N1C[C@H](Cl)[C@H]2OCC(=O)[C@H]21)c1ccc(-c2cncnc2)s1. The first-order valence-corrected chi connectivity index (χ1v) is 12.5. The molecule has 2 aliphatic heterocycles. The van der Waals surface area contributed by atoms with Crippen LogP contribution in [0.15, 0.2) is 30.9 Å². The molecule has 1 amide bonds. The molecule has 3 fully saturated rings. The summed E-state index contributed by atoms with van der Waals surface area (Å²) in [7, 11) is 0. The quantitative estimate of drug-likeness (QED) is 0.622. The van der Waals surface area contributed by atoms with E-state index < -0.39 is 0 Å². The van der Waals surface area contributed by atoms with Crippen molar-refractivity contribution in [2.24, 2.45) is 5.92 Å². The molecule has 8 nitrogen and oxygen atoms in total. The number of thiophene rings is 1. The average Bonchev–Trinajstić information content (AvgIpc) is 3.56. The van der Waals surface area contributed by atoms with Crippen molar-refractivity contribution in [2.75, 3.05) is 19.7 Å². The van der Waals surface area contributed by atoms with Gasteiger partial charge in [-0.2, -0.15) is 0 Å². The molecule has 33 heavy (non-hydrogen) atoms. The third-order valence-corrected chi connectivity index (χ3v) is 8.34. The summed E-state index contributed by atoms with van der Waals surface area (Å²) in [4.78, 5) is 49.8. The predicted octanol–water partition coefficient (Wildman–Crippen LogP) is 2.32. The van der Waals surface area contributed by atoms with Crippen LogP contribution in [0.4, 0.5) is 0 Å². The highest BCUT2D eigenvalue weighted by atomic mass is 35.5. The fourth-order valence-corrected chi connectivity index (χ4v) is 6.55. The van der Waals surface area contributed by atoms with Gasteiger partial charge in [0, 0.05) is 41.3 Å². The Kier molecular flexibility index (Phi) is 6.56. The molecule has 2 aromatic rings. The Morgan fingerprint density at radius 2 is 2.00 bits per heavy atom. The molecule has 1 N–H and O–H groups in total. The van der Waals surface area contributed by atoms with Gasteiger partial charge < -0.3 is 10.1 Å². The highest BCUT2D eigenvalue weighted by molar-refractivity contribution is 7.17. The van der Waals surface area contributed by atoms with E-state index in [1.807, 2.05) is 6.07 Å². The average molecular weight is 489 g/mol. The molecule has 1 saturated carbocycles. The summed E-state index contributed by atoms with van der Waals surface area (Å²) in [5, 5.41) is 2.54. The zero-order chi connectivity index (χ0) is 22.9. The fourth-order valence-electron chi connectivity index (χ4n) is 5.29. The number of Topliss-reactive ketones (excluding diaryl/α,β-unsaturated/α-hetero) is 2. The van der Waals surface area contributed by atoms with Crippen LogP contribution in [0.5, 0.6) is 0 Å². The Bertz CT molecular complexity index is 1050. The molecule has 0 radical (unpaired) electrons. The number of aromatic nitrogens is 2. The molecular weight excluding hydrogens is 464 g/mol. The number of ether oxygens (including phenoxy) is 1. The van der Waals surface area contributed by atoms with E-state index in [0.717, 1.165) is 36.1 Å². The molecule has 1 aliphatic carbocycles. The number of halogens is 1. The van der Waals surface area contributed by atoms with Crippen LogP contribution in [0.2, 0.25) is 0 Å². The van der Waals surface area contributed by atoms with Crippen molar-refractivity contribution >= 4 is 40.4 Å². The van der Waals surface area contributed by atoms with Crippen molar-refractivity contribution in [3.05, 3.63) is 35.7 Å². The lowest BCUT2D eigenvalue weighted by Gasteiger charge is -2.39. The Morgan fingerprint density at radius 3 is 2.82 bits per heavy atom. The number of fused-ring (bicyclic) bond motifs is 1. The Labute approximate surface area is 200 Å². The van der Waals surface area contributed by atoms with Gasteiger partial charge >= 0.3 is 0 Å². The van der Waals surface area contributed by atoms with Gasteiger partial charge in [-0.1, -0.05) is 12.8 Å². The third kappa shape index (κ3) is 4.47. The molecule has 2 unspecified atom stereocenters. The maximum atomic E-state index is 13.2. The second-order valence-corrected chi connectivity index (χ2v) is 10.4. The summed E-state index contributed by atoms with van der Waals surface area (Å²) in [6.07, 6.45) is 8.14. The van der Waals surface area contributed by atoms with Crippen LogP contribution in [0.3, 0.4) is 0 Å².